The molecule has 162 valence electrons. The van der Waals surface area contributed by atoms with Gasteiger partial charge >= 0.3 is 6.18 Å². The molecule has 4 rings (SSSR count). The number of hydrogen-bond donors (Lipinski definition) is 1. The van der Waals surface area contributed by atoms with Crippen molar-refractivity contribution in [2.24, 2.45) is 0 Å². The number of aromatic nitrogens is 2. The normalized spacial score (nSPS) is 15.2. The summed E-state index contributed by atoms with van der Waals surface area (Å²) >= 11 is 0. The van der Waals surface area contributed by atoms with Crippen molar-refractivity contribution in [3.8, 4) is 11.1 Å². The number of nitrogens with one attached hydrogen (secondary N) is 1. The van der Waals surface area contributed by atoms with E-state index in [-0.39, 0.29) is 17.2 Å². The Labute approximate surface area is 175 Å². The van der Waals surface area contributed by atoms with E-state index in [9.17, 15) is 22.0 Å². The van der Waals surface area contributed by atoms with Crippen LogP contribution in [-0.4, -0.2) is 29.1 Å². The first kappa shape index (κ1) is 21.0. The van der Waals surface area contributed by atoms with Gasteiger partial charge in [0.25, 0.3) is 0 Å². The first-order valence-corrected chi connectivity index (χ1v) is 9.76. The topological polar surface area (TPSA) is 41.0 Å². The quantitative estimate of drug-likeness (QED) is 0.549. The van der Waals surface area contributed by atoms with Crippen LogP contribution in [0.1, 0.15) is 18.4 Å². The summed E-state index contributed by atoms with van der Waals surface area (Å²) in [5.41, 5.74) is -1.30. The Bertz CT molecular complexity index is 1050. The maximum Gasteiger partial charge on any atom is 0.417 e. The fraction of sp³-hybridized carbons (Fsp3) is 0.273. The lowest BCUT2D eigenvalue weighted by molar-refractivity contribution is -0.137. The number of rotatable bonds is 4. The third-order valence-corrected chi connectivity index (χ3v) is 5.25. The Morgan fingerprint density at radius 3 is 2.23 bits per heavy atom. The summed E-state index contributed by atoms with van der Waals surface area (Å²) in [7, 11) is 0. The number of hydrogen-bond acceptors (Lipinski definition) is 4. The van der Waals surface area contributed by atoms with Crippen LogP contribution < -0.4 is 10.2 Å². The molecule has 2 aromatic carbocycles. The van der Waals surface area contributed by atoms with E-state index in [1.165, 1.54) is 12.1 Å². The Hall–Kier alpha value is -3.23. The van der Waals surface area contributed by atoms with Crippen LogP contribution in [0.2, 0.25) is 0 Å². The molecule has 1 aromatic heterocycles. The molecule has 0 spiro atoms. The number of benzene rings is 2. The van der Waals surface area contributed by atoms with Crippen LogP contribution >= 0.6 is 0 Å². The Morgan fingerprint density at radius 2 is 1.58 bits per heavy atom. The van der Waals surface area contributed by atoms with Gasteiger partial charge in [0.2, 0.25) is 5.95 Å². The van der Waals surface area contributed by atoms with Crippen LogP contribution in [0.15, 0.2) is 54.9 Å². The molecule has 1 aliphatic heterocycles. The average molecular weight is 434 g/mol. The van der Waals surface area contributed by atoms with E-state index >= 15 is 0 Å². The molecule has 0 amide bonds. The number of anilines is 2. The molecular weight excluding hydrogens is 415 g/mol. The van der Waals surface area contributed by atoms with E-state index in [0.717, 1.165) is 18.2 Å². The second-order valence-electron chi connectivity index (χ2n) is 7.34. The maximum absolute atomic E-state index is 14.1. The number of nitrogens with zero attached hydrogens (tertiary/aromatic N) is 3. The molecule has 0 atom stereocenters. The standard InChI is InChI=1S/C22H19F5N4/c23-14-2-4-18(20(24)12-14)17-5-3-16(13-19(17)22(25,26)27)30-15-6-10-31(11-7-15)21-28-8-1-9-29-21/h1-5,8-9,12-13,15,30H,6-7,10-11H2. The predicted octanol–water partition coefficient (Wildman–Crippen LogP) is 5.52. The molecule has 0 radical (unpaired) electrons. The summed E-state index contributed by atoms with van der Waals surface area (Å²) in [5.74, 6) is -1.26. The van der Waals surface area contributed by atoms with Gasteiger partial charge in [-0.3, -0.25) is 0 Å². The Kier molecular flexibility index (Phi) is 5.75. The van der Waals surface area contributed by atoms with E-state index < -0.39 is 23.4 Å². The van der Waals surface area contributed by atoms with E-state index in [4.69, 9.17) is 0 Å². The minimum atomic E-state index is -4.69. The molecule has 0 aliphatic carbocycles. The fourth-order valence-electron chi connectivity index (χ4n) is 3.73. The number of alkyl halides is 3. The van der Waals surface area contributed by atoms with Gasteiger partial charge in [-0.25, -0.2) is 18.7 Å². The smallest absolute Gasteiger partial charge is 0.382 e. The highest BCUT2D eigenvalue weighted by Gasteiger charge is 2.35. The van der Waals surface area contributed by atoms with Gasteiger partial charge in [0.15, 0.2) is 0 Å². The fourth-order valence-corrected chi connectivity index (χ4v) is 3.73. The Balaban J connectivity index is 1.52. The van der Waals surface area contributed by atoms with E-state index in [2.05, 4.69) is 15.3 Å². The molecule has 1 fully saturated rings. The van der Waals surface area contributed by atoms with Gasteiger partial charge in [-0.2, -0.15) is 13.2 Å². The van der Waals surface area contributed by atoms with E-state index in [1.54, 1.807) is 18.5 Å². The third-order valence-electron chi connectivity index (χ3n) is 5.25. The zero-order chi connectivity index (χ0) is 22.0. The van der Waals surface area contributed by atoms with Crippen molar-refractivity contribution in [2.75, 3.05) is 23.3 Å². The highest BCUT2D eigenvalue weighted by molar-refractivity contribution is 5.71. The molecule has 4 nitrogen and oxygen atoms in total. The van der Waals surface area contributed by atoms with Crippen molar-refractivity contribution >= 4 is 11.6 Å². The van der Waals surface area contributed by atoms with Crippen LogP contribution in [-0.2, 0) is 6.18 Å². The summed E-state index contributed by atoms with van der Waals surface area (Å²) in [6.07, 6.45) is 0.0391. The molecular formula is C22H19F5N4. The Morgan fingerprint density at radius 1 is 0.903 bits per heavy atom. The van der Waals surface area contributed by atoms with Crippen LogP contribution in [0.4, 0.5) is 33.6 Å². The third kappa shape index (κ3) is 4.76. The summed E-state index contributed by atoms with van der Waals surface area (Å²) in [6, 6.07) is 7.93. The highest BCUT2D eigenvalue weighted by atomic mass is 19.4. The largest absolute Gasteiger partial charge is 0.417 e. The molecule has 1 saturated heterocycles. The summed E-state index contributed by atoms with van der Waals surface area (Å²) in [6.45, 7) is 1.35. The molecule has 9 heteroatoms. The molecule has 31 heavy (non-hydrogen) atoms. The van der Waals surface area contributed by atoms with Crippen LogP contribution in [0.5, 0.6) is 0 Å². The molecule has 1 aliphatic rings. The lowest BCUT2D eigenvalue weighted by atomic mass is 9.97. The highest BCUT2D eigenvalue weighted by Crippen LogP contribution is 2.39. The lowest BCUT2D eigenvalue weighted by Gasteiger charge is -2.33. The maximum atomic E-state index is 14.1. The minimum Gasteiger partial charge on any atom is -0.382 e. The van der Waals surface area contributed by atoms with Gasteiger partial charge in [-0.15, -0.1) is 0 Å². The van der Waals surface area contributed by atoms with Crippen molar-refractivity contribution in [1.29, 1.82) is 0 Å². The molecule has 2 heterocycles. The van der Waals surface area contributed by atoms with Gasteiger partial charge in [0, 0.05) is 48.8 Å². The van der Waals surface area contributed by atoms with Gasteiger partial charge in [0.1, 0.15) is 11.6 Å². The van der Waals surface area contributed by atoms with E-state index in [0.29, 0.717) is 43.6 Å². The van der Waals surface area contributed by atoms with Crippen LogP contribution in [0.3, 0.4) is 0 Å². The van der Waals surface area contributed by atoms with Crippen molar-refractivity contribution in [2.45, 2.75) is 25.1 Å². The molecule has 1 N–H and O–H groups in total. The monoisotopic (exact) mass is 434 g/mol. The van der Waals surface area contributed by atoms with Crippen molar-refractivity contribution in [1.82, 2.24) is 9.97 Å². The first-order valence-electron chi connectivity index (χ1n) is 9.76. The molecule has 0 unspecified atom stereocenters. The zero-order valence-electron chi connectivity index (χ0n) is 16.3. The van der Waals surface area contributed by atoms with Gasteiger partial charge in [-0.05, 0) is 48.7 Å². The first-order chi connectivity index (χ1) is 14.8. The average Bonchev–Trinajstić information content (AvgIpc) is 2.75. The van der Waals surface area contributed by atoms with Crippen molar-refractivity contribution in [3.05, 3.63) is 72.1 Å². The van der Waals surface area contributed by atoms with Crippen molar-refractivity contribution in [3.63, 3.8) is 0 Å². The predicted molar refractivity (Wildman–Crippen MR) is 108 cm³/mol. The summed E-state index contributed by atoms with van der Waals surface area (Å²) in [5, 5.41) is 3.15. The summed E-state index contributed by atoms with van der Waals surface area (Å²) < 4.78 is 68.4. The second kappa shape index (κ2) is 8.49. The number of piperidine rings is 1. The molecule has 0 saturated carbocycles. The second-order valence-corrected chi connectivity index (χ2v) is 7.34. The molecule has 0 bridgehead atoms. The van der Waals surface area contributed by atoms with Gasteiger partial charge in [0.05, 0.1) is 5.56 Å². The minimum absolute atomic E-state index is 0.0190. The van der Waals surface area contributed by atoms with Gasteiger partial charge < -0.3 is 10.2 Å². The molecule has 3 aromatic rings. The summed E-state index contributed by atoms with van der Waals surface area (Å²) in [4.78, 5) is 10.5. The van der Waals surface area contributed by atoms with Crippen LogP contribution in [0, 0.1) is 11.6 Å². The van der Waals surface area contributed by atoms with E-state index in [1.807, 2.05) is 4.90 Å². The van der Waals surface area contributed by atoms with Crippen molar-refractivity contribution < 1.29 is 22.0 Å². The number of halogens is 5. The zero-order valence-corrected chi connectivity index (χ0v) is 16.3. The van der Waals surface area contributed by atoms with Gasteiger partial charge in [-0.1, -0.05) is 6.07 Å². The SMILES string of the molecule is Fc1ccc(-c2ccc(NC3CCN(c4ncccn4)CC3)cc2C(F)(F)F)c(F)c1. The lowest BCUT2D eigenvalue weighted by Crippen LogP contribution is -2.39. The van der Waals surface area contributed by atoms with Crippen LogP contribution in [0.25, 0.3) is 11.1 Å².